The summed E-state index contributed by atoms with van der Waals surface area (Å²) in [6.45, 7) is 6.73. The molecule has 0 amide bonds. The van der Waals surface area contributed by atoms with Gasteiger partial charge in [0.25, 0.3) is 0 Å². The quantitative estimate of drug-likeness (QED) is 0.675. The smallest absolute Gasteiger partial charge is 0.147 e. The maximum Gasteiger partial charge on any atom is 0.147 e. The third-order valence-electron chi connectivity index (χ3n) is 3.10. The molecule has 0 unspecified atom stereocenters. The van der Waals surface area contributed by atoms with Gasteiger partial charge < -0.3 is 9.88 Å². The molecule has 76 valence electrons. The Morgan fingerprint density at radius 1 is 1.43 bits per heavy atom. The van der Waals surface area contributed by atoms with E-state index in [0.717, 1.165) is 31.4 Å². The second kappa shape index (κ2) is 3.33. The third kappa shape index (κ3) is 1.42. The molecule has 5 heteroatoms. The fraction of sp³-hybridized carbons (Fsp3) is 0.778. The molecular weight excluding hydrogens is 178 g/mol. The monoisotopic (exact) mass is 193 g/mol. The van der Waals surface area contributed by atoms with Crippen LogP contribution in [0.5, 0.6) is 0 Å². The fourth-order valence-electron chi connectivity index (χ4n) is 2.11. The van der Waals surface area contributed by atoms with Gasteiger partial charge in [-0.1, -0.05) is 0 Å². The highest BCUT2D eigenvalue weighted by Crippen LogP contribution is 2.12. The predicted molar refractivity (Wildman–Crippen MR) is 51.7 cm³/mol. The number of nitrogens with zero attached hydrogens (tertiary/aromatic N) is 4. The lowest BCUT2D eigenvalue weighted by molar-refractivity contribution is 0.158. The normalized spacial score (nSPS) is 23.1. The van der Waals surface area contributed by atoms with Gasteiger partial charge in [-0.15, -0.1) is 10.2 Å². The molecule has 1 fully saturated rings. The summed E-state index contributed by atoms with van der Waals surface area (Å²) in [5.74, 6) is 1.97. The highest BCUT2D eigenvalue weighted by atomic mass is 15.3. The second-order valence-corrected chi connectivity index (χ2v) is 4.20. The first-order valence-electron chi connectivity index (χ1n) is 5.21. The molecule has 14 heavy (non-hydrogen) atoms. The van der Waals surface area contributed by atoms with Crippen molar-refractivity contribution in [2.75, 3.05) is 26.2 Å². The average molecular weight is 193 g/mol. The van der Waals surface area contributed by atoms with Crippen molar-refractivity contribution in [2.24, 2.45) is 5.92 Å². The molecule has 0 atom stereocenters. The van der Waals surface area contributed by atoms with Crippen molar-refractivity contribution in [3.8, 4) is 0 Å². The van der Waals surface area contributed by atoms with Gasteiger partial charge in [-0.25, -0.2) is 0 Å². The molecule has 3 rings (SSSR count). The summed E-state index contributed by atoms with van der Waals surface area (Å²) in [5, 5.41) is 11.3. The molecular formula is C9H15N5. The van der Waals surface area contributed by atoms with Gasteiger partial charge in [0.05, 0.1) is 6.54 Å². The largest absolute Gasteiger partial charge is 0.316 e. The fourth-order valence-corrected chi connectivity index (χ4v) is 2.11. The lowest BCUT2D eigenvalue weighted by atomic mass is 10.0. The molecule has 0 spiro atoms. The average Bonchev–Trinajstić information content (AvgIpc) is 2.58. The summed E-state index contributed by atoms with van der Waals surface area (Å²) in [4.78, 5) is 2.48. The highest BCUT2D eigenvalue weighted by molar-refractivity contribution is 4.91. The maximum atomic E-state index is 4.11. The van der Waals surface area contributed by atoms with Crippen molar-refractivity contribution in [1.82, 2.24) is 25.0 Å². The van der Waals surface area contributed by atoms with Crippen LogP contribution in [-0.4, -0.2) is 45.8 Å². The van der Waals surface area contributed by atoms with E-state index in [9.17, 15) is 0 Å². The summed E-state index contributed by atoms with van der Waals surface area (Å²) in [6.07, 6.45) is 1.83. The molecule has 2 aliphatic rings. The Morgan fingerprint density at radius 3 is 3.14 bits per heavy atom. The number of hydrogen-bond donors (Lipinski definition) is 1. The Balaban J connectivity index is 1.63. The molecule has 2 aliphatic heterocycles. The van der Waals surface area contributed by atoms with E-state index in [1.54, 1.807) is 0 Å². The molecule has 0 aromatic carbocycles. The highest BCUT2D eigenvalue weighted by Gasteiger charge is 2.23. The lowest BCUT2D eigenvalue weighted by Crippen LogP contribution is -2.49. The van der Waals surface area contributed by atoms with Crippen molar-refractivity contribution < 1.29 is 0 Å². The lowest BCUT2D eigenvalue weighted by Gasteiger charge is -2.34. The number of rotatable bonds is 2. The van der Waals surface area contributed by atoms with Crippen LogP contribution in [-0.2, 0) is 13.1 Å². The molecule has 0 aliphatic carbocycles. The number of nitrogens with one attached hydrogen (secondary N) is 1. The van der Waals surface area contributed by atoms with Gasteiger partial charge in [0, 0.05) is 32.7 Å². The standard InChI is InChI=1S/C9H15N5/c1-2-14-7-11-12-9(14)6-13(1)5-8-3-10-4-8/h7-8,10H,1-6H2. The Bertz CT molecular complexity index is 317. The van der Waals surface area contributed by atoms with E-state index < -0.39 is 0 Å². The summed E-state index contributed by atoms with van der Waals surface area (Å²) in [5.41, 5.74) is 0. The third-order valence-corrected chi connectivity index (χ3v) is 3.10. The zero-order valence-corrected chi connectivity index (χ0v) is 8.19. The van der Waals surface area contributed by atoms with E-state index in [2.05, 4.69) is 25.0 Å². The van der Waals surface area contributed by atoms with Gasteiger partial charge in [-0.05, 0) is 5.92 Å². The SMILES string of the molecule is c1nnc2n1CCN(CC1CNC1)C2. The molecule has 1 aromatic heterocycles. The van der Waals surface area contributed by atoms with Crippen LogP contribution in [0, 0.1) is 5.92 Å². The van der Waals surface area contributed by atoms with Crippen LogP contribution in [0.3, 0.4) is 0 Å². The second-order valence-electron chi connectivity index (χ2n) is 4.20. The van der Waals surface area contributed by atoms with Gasteiger partial charge in [0.2, 0.25) is 0 Å². The predicted octanol–water partition coefficient (Wildman–Crippen LogP) is -0.687. The zero-order valence-electron chi connectivity index (χ0n) is 8.19. The van der Waals surface area contributed by atoms with E-state index in [1.165, 1.54) is 19.6 Å². The molecule has 0 bridgehead atoms. The number of hydrogen-bond acceptors (Lipinski definition) is 4. The topological polar surface area (TPSA) is 46.0 Å². The first-order chi connectivity index (χ1) is 6.92. The Morgan fingerprint density at radius 2 is 2.36 bits per heavy atom. The van der Waals surface area contributed by atoms with Crippen molar-refractivity contribution >= 4 is 0 Å². The van der Waals surface area contributed by atoms with E-state index in [-0.39, 0.29) is 0 Å². The van der Waals surface area contributed by atoms with E-state index >= 15 is 0 Å². The van der Waals surface area contributed by atoms with Gasteiger partial charge in [-0.2, -0.15) is 0 Å². The molecule has 0 saturated carbocycles. The van der Waals surface area contributed by atoms with Crippen LogP contribution in [0.15, 0.2) is 6.33 Å². The van der Waals surface area contributed by atoms with Crippen LogP contribution < -0.4 is 5.32 Å². The first kappa shape index (κ1) is 8.38. The summed E-state index contributed by atoms with van der Waals surface area (Å²) in [7, 11) is 0. The van der Waals surface area contributed by atoms with Crippen molar-refractivity contribution in [2.45, 2.75) is 13.1 Å². The van der Waals surface area contributed by atoms with Crippen LogP contribution >= 0.6 is 0 Å². The molecule has 1 aromatic rings. The molecule has 0 radical (unpaired) electrons. The van der Waals surface area contributed by atoms with Gasteiger partial charge >= 0.3 is 0 Å². The van der Waals surface area contributed by atoms with Crippen molar-refractivity contribution in [3.63, 3.8) is 0 Å². The van der Waals surface area contributed by atoms with Crippen molar-refractivity contribution in [1.29, 1.82) is 0 Å². The zero-order chi connectivity index (χ0) is 9.38. The summed E-state index contributed by atoms with van der Waals surface area (Å²) >= 11 is 0. The molecule has 1 N–H and O–H groups in total. The summed E-state index contributed by atoms with van der Waals surface area (Å²) < 4.78 is 2.15. The number of fused-ring (bicyclic) bond motifs is 1. The Labute approximate surface area is 83.1 Å². The van der Waals surface area contributed by atoms with Crippen LogP contribution in [0.4, 0.5) is 0 Å². The van der Waals surface area contributed by atoms with Crippen molar-refractivity contribution in [3.05, 3.63) is 12.2 Å². The maximum absolute atomic E-state index is 4.11. The van der Waals surface area contributed by atoms with Crippen LogP contribution in [0.25, 0.3) is 0 Å². The minimum atomic E-state index is 0.851. The van der Waals surface area contributed by atoms with Crippen LogP contribution in [0.2, 0.25) is 0 Å². The number of aromatic nitrogens is 3. The minimum absolute atomic E-state index is 0.851. The van der Waals surface area contributed by atoms with Crippen LogP contribution in [0.1, 0.15) is 5.82 Å². The summed E-state index contributed by atoms with van der Waals surface area (Å²) in [6, 6.07) is 0. The Hall–Kier alpha value is -0.940. The molecule has 3 heterocycles. The first-order valence-corrected chi connectivity index (χ1v) is 5.21. The molecule has 1 saturated heterocycles. The van der Waals surface area contributed by atoms with E-state index in [0.29, 0.717) is 0 Å². The van der Waals surface area contributed by atoms with Gasteiger partial charge in [0.1, 0.15) is 12.2 Å². The van der Waals surface area contributed by atoms with E-state index in [1.807, 2.05) is 6.33 Å². The Kier molecular flexibility index (Phi) is 1.99. The minimum Gasteiger partial charge on any atom is -0.316 e. The van der Waals surface area contributed by atoms with Gasteiger partial charge in [0.15, 0.2) is 0 Å². The van der Waals surface area contributed by atoms with Gasteiger partial charge in [-0.3, -0.25) is 4.90 Å². The van der Waals surface area contributed by atoms with E-state index in [4.69, 9.17) is 0 Å². The molecule has 5 nitrogen and oxygen atoms in total.